The molecule has 4 rings (SSSR count). The van der Waals surface area contributed by atoms with E-state index < -0.39 is 18.3 Å². The van der Waals surface area contributed by atoms with Gasteiger partial charge >= 0.3 is 0 Å². The number of imidazole rings is 1. The summed E-state index contributed by atoms with van der Waals surface area (Å²) in [7, 11) is 0. The number of aliphatic hydroxyl groups is 2. The van der Waals surface area contributed by atoms with E-state index >= 15 is 0 Å². The zero-order valence-corrected chi connectivity index (χ0v) is 14.5. The maximum Gasteiger partial charge on any atom is 0.183 e. The molecule has 0 aliphatic carbocycles. The highest BCUT2D eigenvalue weighted by Crippen LogP contribution is 2.32. The number of fused-ring (bicyclic) bond motifs is 1. The summed E-state index contributed by atoms with van der Waals surface area (Å²) in [5.41, 5.74) is 2.20. The number of hydrogen-bond donors (Lipinski definition) is 4. The van der Waals surface area contributed by atoms with E-state index in [0.717, 1.165) is 5.56 Å². The van der Waals surface area contributed by atoms with Crippen molar-refractivity contribution < 1.29 is 14.9 Å². The highest BCUT2D eigenvalue weighted by molar-refractivity contribution is 6.30. The number of anilines is 1. The third kappa shape index (κ3) is 3.36. The first-order valence-corrected chi connectivity index (χ1v) is 8.65. The summed E-state index contributed by atoms with van der Waals surface area (Å²) < 4.78 is 5.64. The highest BCUT2D eigenvalue weighted by atomic mass is 35.5. The molecule has 0 radical (unpaired) electrons. The van der Waals surface area contributed by atoms with Gasteiger partial charge in [0, 0.05) is 18.0 Å². The molecular formula is C17H18ClN5O3. The quantitative estimate of drug-likeness (QED) is 0.537. The first-order chi connectivity index (χ1) is 12.6. The fourth-order valence-corrected chi connectivity index (χ4v) is 3.25. The van der Waals surface area contributed by atoms with Gasteiger partial charge in [-0.3, -0.25) is 0 Å². The molecule has 8 nitrogen and oxygen atoms in total. The number of halogens is 1. The van der Waals surface area contributed by atoms with Gasteiger partial charge in [-0.2, -0.15) is 0 Å². The fraction of sp³-hybridized carbons (Fsp3) is 0.353. The normalized spacial score (nSPS) is 22.8. The maximum atomic E-state index is 9.91. The molecule has 3 aromatic rings. The van der Waals surface area contributed by atoms with Gasteiger partial charge in [0.1, 0.15) is 29.9 Å². The Bertz CT molecular complexity index is 918. The molecule has 1 aliphatic rings. The zero-order valence-electron chi connectivity index (χ0n) is 13.8. The molecule has 1 aliphatic heterocycles. The van der Waals surface area contributed by atoms with Crippen molar-refractivity contribution in [1.29, 1.82) is 0 Å². The van der Waals surface area contributed by atoms with Crippen molar-refractivity contribution in [3.63, 3.8) is 0 Å². The Balaban J connectivity index is 1.56. The Morgan fingerprint density at radius 2 is 2.23 bits per heavy atom. The van der Waals surface area contributed by atoms with Crippen LogP contribution >= 0.6 is 11.6 Å². The van der Waals surface area contributed by atoms with Crippen LogP contribution in [-0.2, 0) is 11.3 Å². The van der Waals surface area contributed by atoms with Gasteiger partial charge < -0.3 is 25.3 Å². The smallest absolute Gasteiger partial charge is 0.183 e. The van der Waals surface area contributed by atoms with Crippen LogP contribution in [-0.4, -0.2) is 49.0 Å². The van der Waals surface area contributed by atoms with Gasteiger partial charge in [-0.15, -0.1) is 0 Å². The molecule has 136 valence electrons. The number of aromatic amines is 1. The molecule has 2 aromatic heterocycles. The largest absolute Gasteiger partial charge is 0.394 e. The van der Waals surface area contributed by atoms with E-state index in [1.54, 1.807) is 0 Å². The van der Waals surface area contributed by atoms with Crippen LogP contribution in [0.5, 0.6) is 0 Å². The second kappa shape index (κ2) is 7.16. The standard InChI is InChI=1S/C17H18ClN5O3/c18-10-3-1-2-9(4-10)6-19-16-14-17(21-8-20-16)23-15(22-14)12-5-11(25)13(7-24)26-12/h1-4,8,11-13,24-25H,5-7H2,(H2,19,20,21,22,23)/t11-,12?,13+/m0/s1. The zero-order chi connectivity index (χ0) is 18.1. The fourth-order valence-electron chi connectivity index (χ4n) is 3.03. The lowest BCUT2D eigenvalue weighted by Gasteiger charge is -2.10. The lowest BCUT2D eigenvalue weighted by Crippen LogP contribution is -2.24. The van der Waals surface area contributed by atoms with E-state index in [2.05, 4.69) is 25.3 Å². The Kier molecular flexibility index (Phi) is 4.73. The maximum absolute atomic E-state index is 9.91. The summed E-state index contributed by atoms with van der Waals surface area (Å²) in [5, 5.41) is 23.1. The Morgan fingerprint density at radius 1 is 1.35 bits per heavy atom. The Hall–Kier alpha value is -2.26. The van der Waals surface area contributed by atoms with Crippen LogP contribution in [0.1, 0.15) is 23.9 Å². The van der Waals surface area contributed by atoms with Crippen LogP contribution in [0.4, 0.5) is 5.82 Å². The number of H-pyrrole nitrogens is 1. The molecule has 3 heterocycles. The van der Waals surface area contributed by atoms with Crippen molar-refractivity contribution in [2.75, 3.05) is 11.9 Å². The van der Waals surface area contributed by atoms with Gasteiger partial charge in [0.2, 0.25) is 0 Å². The van der Waals surface area contributed by atoms with E-state index in [-0.39, 0.29) is 6.61 Å². The van der Waals surface area contributed by atoms with Crippen LogP contribution in [0.15, 0.2) is 30.6 Å². The second-order valence-electron chi connectivity index (χ2n) is 6.18. The summed E-state index contributed by atoms with van der Waals surface area (Å²) in [6, 6.07) is 7.57. The van der Waals surface area contributed by atoms with Gasteiger partial charge in [-0.1, -0.05) is 23.7 Å². The van der Waals surface area contributed by atoms with E-state index in [4.69, 9.17) is 16.3 Å². The van der Waals surface area contributed by atoms with Crippen molar-refractivity contribution in [3.05, 3.63) is 47.0 Å². The van der Waals surface area contributed by atoms with Crippen molar-refractivity contribution in [1.82, 2.24) is 19.9 Å². The van der Waals surface area contributed by atoms with Gasteiger partial charge in [-0.25, -0.2) is 15.0 Å². The van der Waals surface area contributed by atoms with E-state index in [1.807, 2.05) is 24.3 Å². The summed E-state index contributed by atoms with van der Waals surface area (Å²) >= 11 is 6.01. The first-order valence-electron chi connectivity index (χ1n) is 8.27. The lowest BCUT2D eigenvalue weighted by atomic mass is 10.1. The van der Waals surface area contributed by atoms with Crippen molar-refractivity contribution in [3.8, 4) is 0 Å². The molecule has 9 heteroatoms. The van der Waals surface area contributed by atoms with Gasteiger partial charge in [0.15, 0.2) is 11.5 Å². The summed E-state index contributed by atoms with van der Waals surface area (Å²) in [5.74, 6) is 1.17. The lowest BCUT2D eigenvalue weighted by molar-refractivity contribution is -0.0244. The van der Waals surface area contributed by atoms with Gasteiger partial charge in [0.25, 0.3) is 0 Å². The van der Waals surface area contributed by atoms with Gasteiger partial charge in [0.05, 0.1) is 12.7 Å². The van der Waals surface area contributed by atoms with E-state index in [0.29, 0.717) is 40.8 Å². The van der Waals surface area contributed by atoms with Crippen LogP contribution < -0.4 is 5.32 Å². The molecule has 0 saturated carbocycles. The number of hydrogen-bond acceptors (Lipinski definition) is 7. The van der Waals surface area contributed by atoms with Gasteiger partial charge in [-0.05, 0) is 17.7 Å². The number of nitrogens with zero attached hydrogens (tertiary/aromatic N) is 3. The molecule has 1 fully saturated rings. The van der Waals surface area contributed by atoms with Crippen molar-refractivity contribution in [2.24, 2.45) is 0 Å². The average molecular weight is 376 g/mol. The third-order valence-electron chi connectivity index (χ3n) is 4.36. The van der Waals surface area contributed by atoms with Crippen LogP contribution in [0, 0.1) is 0 Å². The average Bonchev–Trinajstić information content (AvgIpc) is 3.23. The third-order valence-corrected chi connectivity index (χ3v) is 4.60. The second-order valence-corrected chi connectivity index (χ2v) is 6.61. The monoisotopic (exact) mass is 375 g/mol. The number of ether oxygens (including phenoxy) is 1. The molecular weight excluding hydrogens is 358 g/mol. The highest BCUT2D eigenvalue weighted by Gasteiger charge is 2.36. The first kappa shape index (κ1) is 17.2. The Labute approximate surface area is 154 Å². The minimum Gasteiger partial charge on any atom is -0.394 e. The SMILES string of the molecule is OC[C@H]1OC(c2nc3ncnc(NCc4cccc(Cl)c4)c3[nH]2)C[C@@H]1O. The number of aliphatic hydroxyl groups excluding tert-OH is 2. The van der Waals surface area contributed by atoms with E-state index in [9.17, 15) is 10.2 Å². The predicted octanol–water partition coefficient (Wildman–Crippen LogP) is 1.80. The molecule has 3 atom stereocenters. The Morgan fingerprint density at radius 3 is 3.00 bits per heavy atom. The van der Waals surface area contributed by atoms with Crippen molar-refractivity contribution in [2.45, 2.75) is 31.3 Å². The summed E-state index contributed by atoms with van der Waals surface area (Å²) in [6.07, 6.45) is 0.0688. The molecule has 1 unspecified atom stereocenters. The van der Waals surface area contributed by atoms with Crippen LogP contribution in [0.2, 0.25) is 5.02 Å². The number of aromatic nitrogens is 4. The summed E-state index contributed by atoms with van der Waals surface area (Å²) in [6.45, 7) is 0.316. The molecule has 0 spiro atoms. The van der Waals surface area contributed by atoms with Crippen LogP contribution in [0.25, 0.3) is 11.2 Å². The molecule has 1 aromatic carbocycles. The molecule has 1 saturated heterocycles. The summed E-state index contributed by atoms with van der Waals surface area (Å²) in [4.78, 5) is 16.1. The number of rotatable bonds is 5. The van der Waals surface area contributed by atoms with Crippen LogP contribution in [0.3, 0.4) is 0 Å². The predicted molar refractivity (Wildman–Crippen MR) is 95.8 cm³/mol. The number of nitrogens with one attached hydrogen (secondary N) is 2. The minimum absolute atomic E-state index is 0.232. The molecule has 0 bridgehead atoms. The molecule has 4 N–H and O–H groups in total. The van der Waals surface area contributed by atoms with E-state index in [1.165, 1.54) is 6.33 Å². The van der Waals surface area contributed by atoms with Crippen molar-refractivity contribution >= 4 is 28.6 Å². The number of benzene rings is 1. The topological polar surface area (TPSA) is 116 Å². The minimum atomic E-state index is -0.718. The molecule has 26 heavy (non-hydrogen) atoms. The molecule has 0 amide bonds.